The summed E-state index contributed by atoms with van der Waals surface area (Å²) in [6, 6.07) is 3.73. The number of halogens is 3. The number of hydrogen-bond acceptors (Lipinski definition) is 2. The third kappa shape index (κ3) is 4.10. The molecule has 1 aliphatic rings. The van der Waals surface area contributed by atoms with E-state index in [1.54, 1.807) is 6.92 Å². The van der Waals surface area contributed by atoms with Crippen molar-refractivity contribution < 1.29 is 13.2 Å². The molecule has 0 radical (unpaired) electrons. The van der Waals surface area contributed by atoms with Crippen LogP contribution in [0.3, 0.4) is 0 Å². The highest BCUT2D eigenvalue weighted by atomic mass is 19.4. The predicted octanol–water partition coefficient (Wildman–Crippen LogP) is 3.19. The largest absolute Gasteiger partial charge is 0.416 e. The third-order valence-electron chi connectivity index (χ3n) is 3.59. The average Bonchev–Trinajstić information content (AvgIpc) is 2.92. The van der Waals surface area contributed by atoms with Crippen molar-refractivity contribution in [3.05, 3.63) is 29.3 Å². The van der Waals surface area contributed by atoms with Crippen LogP contribution in [-0.2, 0) is 6.18 Å². The average molecular weight is 300 g/mol. The van der Waals surface area contributed by atoms with Crippen LogP contribution in [0.4, 0.5) is 18.9 Å². The lowest BCUT2D eigenvalue weighted by atomic mass is 10.1. The van der Waals surface area contributed by atoms with Gasteiger partial charge in [-0.3, -0.25) is 5.43 Å². The molecular weight excluding hydrogens is 281 g/mol. The van der Waals surface area contributed by atoms with Gasteiger partial charge in [0.2, 0.25) is 5.96 Å². The van der Waals surface area contributed by atoms with Gasteiger partial charge >= 0.3 is 6.18 Å². The molecule has 1 aliphatic carbocycles. The first-order valence-corrected chi connectivity index (χ1v) is 6.89. The Morgan fingerprint density at radius 2 is 1.95 bits per heavy atom. The van der Waals surface area contributed by atoms with Crippen molar-refractivity contribution >= 4 is 11.6 Å². The summed E-state index contributed by atoms with van der Waals surface area (Å²) in [5.74, 6) is 5.70. The lowest BCUT2D eigenvalue weighted by Crippen LogP contribution is -2.37. The van der Waals surface area contributed by atoms with Crippen LogP contribution in [0.15, 0.2) is 23.2 Å². The van der Waals surface area contributed by atoms with Crippen molar-refractivity contribution in [1.82, 2.24) is 5.43 Å². The second-order valence-electron chi connectivity index (χ2n) is 5.21. The highest BCUT2D eigenvalue weighted by Gasteiger charge is 2.30. The molecule has 116 valence electrons. The summed E-state index contributed by atoms with van der Waals surface area (Å²) >= 11 is 0. The van der Waals surface area contributed by atoms with E-state index in [0.29, 0.717) is 17.2 Å². The van der Waals surface area contributed by atoms with Gasteiger partial charge in [0.05, 0.1) is 11.6 Å². The second kappa shape index (κ2) is 6.34. The van der Waals surface area contributed by atoms with E-state index in [2.05, 4.69) is 15.7 Å². The number of aliphatic imine (C=N–C) groups is 1. The van der Waals surface area contributed by atoms with Gasteiger partial charge in [-0.2, -0.15) is 13.2 Å². The monoisotopic (exact) mass is 300 g/mol. The maximum atomic E-state index is 12.7. The zero-order valence-electron chi connectivity index (χ0n) is 11.8. The number of anilines is 1. The molecule has 2 rings (SSSR count). The van der Waals surface area contributed by atoms with E-state index in [9.17, 15) is 13.2 Å². The summed E-state index contributed by atoms with van der Waals surface area (Å²) in [6.07, 6.45) is -0.172. The number of aryl methyl sites for hydroxylation is 1. The second-order valence-corrected chi connectivity index (χ2v) is 5.21. The maximum Gasteiger partial charge on any atom is 0.416 e. The van der Waals surface area contributed by atoms with Gasteiger partial charge in [0.15, 0.2) is 0 Å². The minimum absolute atomic E-state index is 0.176. The Morgan fingerprint density at radius 3 is 2.52 bits per heavy atom. The molecule has 1 aromatic rings. The standard InChI is InChI=1S/C14H19F3N4/c1-9-6-7-10(14(15,16)17)8-12(9)20-13(21-18)19-11-4-2-3-5-11/h6-8,11H,2-5,18H2,1H3,(H2,19,20,21). The van der Waals surface area contributed by atoms with E-state index in [0.717, 1.165) is 37.8 Å². The van der Waals surface area contributed by atoms with Crippen LogP contribution in [0.5, 0.6) is 0 Å². The van der Waals surface area contributed by atoms with Gasteiger partial charge in [-0.05, 0) is 37.5 Å². The van der Waals surface area contributed by atoms with Crippen LogP contribution in [0.2, 0.25) is 0 Å². The van der Waals surface area contributed by atoms with Gasteiger partial charge in [0.25, 0.3) is 0 Å². The molecule has 0 aromatic heterocycles. The van der Waals surface area contributed by atoms with Gasteiger partial charge in [-0.25, -0.2) is 10.8 Å². The molecule has 1 fully saturated rings. The lowest BCUT2D eigenvalue weighted by Gasteiger charge is -2.15. The van der Waals surface area contributed by atoms with Crippen molar-refractivity contribution in [2.24, 2.45) is 10.8 Å². The van der Waals surface area contributed by atoms with Crippen molar-refractivity contribution in [2.45, 2.75) is 44.8 Å². The molecule has 4 nitrogen and oxygen atoms in total. The van der Waals surface area contributed by atoms with E-state index in [-0.39, 0.29) is 6.04 Å². The number of hydrazine groups is 1. The van der Waals surface area contributed by atoms with Gasteiger partial charge in [-0.15, -0.1) is 0 Å². The Hall–Kier alpha value is -1.76. The van der Waals surface area contributed by atoms with E-state index < -0.39 is 11.7 Å². The molecule has 0 saturated heterocycles. The Bertz CT molecular complexity index is 519. The Labute approximate surface area is 121 Å². The zero-order chi connectivity index (χ0) is 15.5. The molecule has 0 unspecified atom stereocenters. The fraction of sp³-hybridized carbons (Fsp3) is 0.500. The highest BCUT2D eigenvalue weighted by Crippen LogP contribution is 2.32. The van der Waals surface area contributed by atoms with Crippen LogP contribution in [-0.4, -0.2) is 12.0 Å². The Morgan fingerprint density at radius 1 is 1.29 bits per heavy atom. The van der Waals surface area contributed by atoms with Crippen molar-refractivity contribution in [3.8, 4) is 0 Å². The number of benzene rings is 1. The molecule has 0 bridgehead atoms. The molecule has 0 heterocycles. The smallest absolute Gasteiger partial charge is 0.325 e. The normalized spacial score (nSPS) is 17.1. The quantitative estimate of drug-likeness (QED) is 0.340. The molecule has 0 spiro atoms. The van der Waals surface area contributed by atoms with Crippen LogP contribution >= 0.6 is 0 Å². The number of nitrogens with one attached hydrogen (secondary N) is 2. The summed E-state index contributed by atoms with van der Waals surface area (Å²) < 4.78 is 38.2. The van der Waals surface area contributed by atoms with Gasteiger partial charge in [-0.1, -0.05) is 18.9 Å². The molecule has 7 heteroatoms. The van der Waals surface area contributed by atoms with Crippen molar-refractivity contribution in [2.75, 3.05) is 5.32 Å². The van der Waals surface area contributed by atoms with E-state index in [1.165, 1.54) is 6.07 Å². The molecule has 1 saturated carbocycles. The minimum atomic E-state index is -4.37. The summed E-state index contributed by atoms with van der Waals surface area (Å²) in [7, 11) is 0. The summed E-state index contributed by atoms with van der Waals surface area (Å²) in [6.45, 7) is 1.73. The number of nitrogens with two attached hydrogens (primary N) is 1. The van der Waals surface area contributed by atoms with Crippen LogP contribution < -0.4 is 16.6 Å². The number of guanidine groups is 1. The number of alkyl halides is 3. The van der Waals surface area contributed by atoms with E-state index in [4.69, 9.17) is 5.84 Å². The van der Waals surface area contributed by atoms with Crippen LogP contribution in [0.25, 0.3) is 0 Å². The predicted molar refractivity (Wildman–Crippen MR) is 76.8 cm³/mol. The lowest BCUT2D eigenvalue weighted by molar-refractivity contribution is -0.137. The van der Waals surface area contributed by atoms with E-state index >= 15 is 0 Å². The number of nitrogens with zero attached hydrogens (tertiary/aromatic N) is 1. The number of hydrogen-bond donors (Lipinski definition) is 3. The van der Waals surface area contributed by atoms with Gasteiger partial charge < -0.3 is 5.32 Å². The molecule has 0 atom stereocenters. The SMILES string of the molecule is Cc1ccc(C(F)(F)F)cc1NC(=NC1CCCC1)NN. The summed E-state index contributed by atoms with van der Waals surface area (Å²) in [5, 5.41) is 2.85. The van der Waals surface area contributed by atoms with Gasteiger partial charge in [0.1, 0.15) is 0 Å². The topological polar surface area (TPSA) is 62.4 Å². The van der Waals surface area contributed by atoms with Crippen molar-refractivity contribution in [3.63, 3.8) is 0 Å². The molecule has 21 heavy (non-hydrogen) atoms. The fourth-order valence-corrected chi connectivity index (χ4v) is 2.38. The molecule has 0 aliphatic heterocycles. The summed E-state index contributed by atoms with van der Waals surface area (Å²) in [5.41, 5.74) is 2.76. The molecule has 0 amide bonds. The zero-order valence-corrected chi connectivity index (χ0v) is 11.8. The number of rotatable bonds is 2. The van der Waals surface area contributed by atoms with Crippen molar-refractivity contribution in [1.29, 1.82) is 0 Å². The molecule has 4 N–H and O–H groups in total. The Balaban J connectivity index is 2.20. The minimum Gasteiger partial charge on any atom is -0.325 e. The maximum absolute atomic E-state index is 12.7. The first kappa shape index (κ1) is 15.6. The third-order valence-corrected chi connectivity index (χ3v) is 3.59. The molecular formula is C14H19F3N4. The Kier molecular flexibility index (Phi) is 4.72. The fourth-order valence-electron chi connectivity index (χ4n) is 2.38. The highest BCUT2D eigenvalue weighted by molar-refractivity contribution is 5.94. The van der Waals surface area contributed by atoms with E-state index in [1.807, 2.05) is 0 Å². The van der Waals surface area contributed by atoms with Crippen LogP contribution in [0, 0.1) is 6.92 Å². The summed E-state index contributed by atoms with van der Waals surface area (Å²) in [4.78, 5) is 4.41. The van der Waals surface area contributed by atoms with Gasteiger partial charge in [0, 0.05) is 5.69 Å². The molecule has 1 aromatic carbocycles. The first-order valence-electron chi connectivity index (χ1n) is 6.89. The first-order chi connectivity index (χ1) is 9.90. The van der Waals surface area contributed by atoms with Crippen LogP contribution in [0.1, 0.15) is 36.8 Å².